The van der Waals surface area contributed by atoms with Gasteiger partial charge in [-0.1, -0.05) is 26.2 Å². The normalized spacial score (nSPS) is 28.4. The summed E-state index contributed by atoms with van der Waals surface area (Å²) in [5, 5.41) is 0. The molecule has 1 spiro atoms. The number of hydrogen-bond acceptors (Lipinski definition) is 1. The first kappa shape index (κ1) is 9.51. The van der Waals surface area contributed by atoms with Gasteiger partial charge in [-0.25, -0.2) is 0 Å². The molecule has 2 rings (SSSR count). The lowest BCUT2D eigenvalue weighted by Gasteiger charge is -2.41. The molecule has 1 aliphatic carbocycles. The zero-order chi connectivity index (χ0) is 9.15. The molecule has 0 amide bonds. The van der Waals surface area contributed by atoms with Crippen molar-refractivity contribution in [2.24, 2.45) is 0 Å². The van der Waals surface area contributed by atoms with Gasteiger partial charge in [0.25, 0.3) is 0 Å². The van der Waals surface area contributed by atoms with Crippen molar-refractivity contribution < 1.29 is 0 Å². The van der Waals surface area contributed by atoms with Crippen LogP contribution >= 0.6 is 0 Å². The monoisotopic (exact) mass is 181 g/mol. The molecule has 0 aromatic heterocycles. The van der Waals surface area contributed by atoms with Crippen molar-refractivity contribution in [2.45, 2.75) is 63.8 Å². The van der Waals surface area contributed by atoms with E-state index in [0.717, 1.165) is 0 Å². The third kappa shape index (κ3) is 1.76. The SMILES string of the molecule is CCCN1CCCC12CCCCC2. The zero-order valence-electron chi connectivity index (χ0n) is 9.02. The van der Waals surface area contributed by atoms with E-state index in [0.29, 0.717) is 5.54 Å². The van der Waals surface area contributed by atoms with Crippen LogP contribution in [0.1, 0.15) is 58.3 Å². The first-order valence-electron chi connectivity index (χ1n) is 6.12. The summed E-state index contributed by atoms with van der Waals surface area (Å²) < 4.78 is 0. The van der Waals surface area contributed by atoms with Crippen molar-refractivity contribution in [2.75, 3.05) is 13.1 Å². The lowest BCUT2D eigenvalue weighted by atomic mass is 9.80. The van der Waals surface area contributed by atoms with Crippen LogP contribution in [0.4, 0.5) is 0 Å². The van der Waals surface area contributed by atoms with E-state index in [2.05, 4.69) is 11.8 Å². The lowest BCUT2D eigenvalue weighted by molar-refractivity contribution is 0.0930. The molecule has 0 N–H and O–H groups in total. The lowest BCUT2D eigenvalue weighted by Crippen LogP contribution is -2.45. The van der Waals surface area contributed by atoms with E-state index in [4.69, 9.17) is 0 Å². The Morgan fingerprint density at radius 1 is 1.00 bits per heavy atom. The van der Waals surface area contributed by atoms with Gasteiger partial charge >= 0.3 is 0 Å². The molecule has 1 heteroatoms. The van der Waals surface area contributed by atoms with Gasteiger partial charge in [0.05, 0.1) is 0 Å². The van der Waals surface area contributed by atoms with Crippen LogP contribution in [-0.4, -0.2) is 23.5 Å². The first-order valence-corrected chi connectivity index (χ1v) is 6.12. The third-order valence-electron chi connectivity index (χ3n) is 4.02. The van der Waals surface area contributed by atoms with Gasteiger partial charge in [0, 0.05) is 5.54 Å². The fraction of sp³-hybridized carbons (Fsp3) is 1.00. The van der Waals surface area contributed by atoms with E-state index in [9.17, 15) is 0 Å². The standard InChI is InChI=1S/C12H23N/c1-2-10-13-11-6-9-12(13)7-4-3-5-8-12/h2-11H2,1H3. The zero-order valence-corrected chi connectivity index (χ0v) is 9.02. The Labute approximate surface area is 82.5 Å². The van der Waals surface area contributed by atoms with Gasteiger partial charge in [0.1, 0.15) is 0 Å². The second kappa shape index (κ2) is 4.00. The Balaban J connectivity index is 2.00. The maximum absolute atomic E-state index is 2.80. The summed E-state index contributed by atoms with van der Waals surface area (Å²) in [5.74, 6) is 0. The largest absolute Gasteiger partial charge is 0.298 e. The van der Waals surface area contributed by atoms with Crippen LogP contribution in [0.5, 0.6) is 0 Å². The molecule has 0 bridgehead atoms. The van der Waals surface area contributed by atoms with Crippen LogP contribution in [0.15, 0.2) is 0 Å². The van der Waals surface area contributed by atoms with Gasteiger partial charge in [-0.2, -0.15) is 0 Å². The second-order valence-electron chi connectivity index (χ2n) is 4.88. The van der Waals surface area contributed by atoms with Crippen LogP contribution in [0.25, 0.3) is 0 Å². The second-order valence-corrected chi connectivity index (χ2v) is 4.88. The average Bonchev–Trinajstić information content (AvgIpc) is 2.52. The summed E-state index contributed by atoms with van der Waals surface area (Å²) in [4.78, 5) is 2.80. The molecule has 0 unspecified atom stereocenters. The smallest absolute Gasteiger partial charge is 0.0210 e. The highest BCUT2D eigenvalue weighted by Gasteiger charge is 2.40. The summed E-state index contributed by atoms with van der Waals surface area (Å²) >= 11 is 0. The van der Waals surface area contributed by atoms with E-state index >= 15 is 0 Å². The molecule has 1 aliphatic heterocycles. The van der Waals surface area contributed by atoms with Crippen molar-refractivity contribution in [3.8, 4) is 0 Å². The van der Waals surface area contributed by atoms with Crippen LogP contribution in [0, 0.1) is 0 Å². The predicted octanol–water partition coefficient (Wildman–Crippen LogP) is 3.20. The van der Waals surface area contributed by atoms with Gasteiger partial charge < -0.3 is 0 Å². The molecular formula is C12H23N. The van der Waals surface area contributed by atoms with E-state index in [1.807, 2.05) is 0 Å². The van der Waals surface area contributed by atoms with Gasteiger partial charge in [0.15, 0.2) is 0 Å². The molecular weight excluding hydrogens is 158 g/mol. The molecule has 0 aromatic rings. The molecule has 0 aromatic carbocycles. The van der Waals surface area contributed by atoms with Crippen LogP contribution < -0.4 is 0 Å². The average molecular weight is 181 g/mol. The van der Waals surface area contributed by atoms with Gasteiger partial charge in [-0.05, 0) is 45.2 Å². The summed E-state index contributed by atoms with van der Waals surface area (Å²) in [6, 6.07) is 0. The summed E-state index contributed by atoms with van der Waals surface area (Å²) in [6.07, 6.45) is 11.7. The van der Waals surface area contributed by atoms with Crippen molar-refractivity contribution in [1.82, 2.24) is 4.90 Å². The van der Waals surface area contributed by atoms with Crippen molar-refractivity contribution in [1.29, 1.82) is 0 Å². The summed E-state index contributed by atoms with van der Waals surface area (Å²) in [7, 11) is 0. The quantitative estimate of drug-likeness (QED) is 0.632. The first-order chi connectivity index (χ1) is 6.37. The molecule has 76 valence electrons. The molecule has 1 heterocycles. The Kier molecular flexibility index (Phi) is 2.92. The van der Waals surface area contributed by atoms with E-state index < -0.39 is 0 Å². The maximum atomic E-state index is 2.80. The minimum Gasteiger partial charge on any atom is -0.298 e. The van der Waals surface area contributed by atoms with Gasteiger partial charge in [-0.15, -0.1) is 0 Å². The number of likely N-dealkylation sites (tertiary alicyclic amines) is 1. The van der Waals surface area contributed by atoms with E-state index in [1.54, 1.807) is 0 Å². The topological polar surface area (TPSA) is 3.24 Å². The molecule has 1 nitrogen and oxygen atoms in total. The minimum absolute atomic E-state index is 0.675. The Morgan fingerprint density at radius 3 is 2.38 bits per heavy atom. The van der Waals surface area contributed by atoms with Crippen LogP contribution in [-0.2, 0) is 0 Å². The number of hydrogen-bond donors (Lipinski definition) is 0. The fourth-order valence-electron chi connectivity index (χ4n) is 3.39. The third-order valence-corrected chi connectivity index (χ3v) is 4.02. The number of rotatable bonds is 2. The summed E-state index contributed by atoms with van der Waals surface area (Å²) in [5.41, 5.74) is 0.675. The highest BCUT2D eigenvalue weighted by atomic mass is 15.2. The molecule has 1 saturated carbocycles. The molecule has 0 radical (unpaired) electrons. The number of nitrogens with zero attached hydrogens (tertiary/aromatic N) is 1. The van der Waals surface area contributed by atoms with E-state index in [1.165, 1.54) is 64.5 Å². The molecule has 13 heavy (non-hydrogen) atoms. The van der Waals surface area contributed by atoms with Crippen LogP contribution in [0.2, 0.25) is 0 Å². The minimum atomic E-state index is 0.675. The molecule has 2 aliphatic rings. The van der Waals surface area contributed by atoms with Crippen molar-refractivity contribution >= 4 is 0 Å². The van der Waals surface area contributed by atoms with Gasteiger partial charge in [-0.3, -0.25) is 4.90 Å². The van der Waals surface area contributed by atoms with Crippen molar-refractivity contribution in [3.63, 3.8) is 0 Å². The van der Waals surface area contributed by atoms with Gasteiger partial charge in [0.2, 0.25) is 0 Å². The maximum Gasteiger partial charge on any atom is 0.0210 e. The highest BCUT2D eigenvalue weighted by molar-refractivity contribution is 4.97. The summed E-state index contributed by atoms with van der Waals surface area (Å²) in [6.45, 7) is 5.04. The fourth-order valence-corrected chi connectivity index (χ4v) is 3.39. The van der Waals surface area contributed by atoms with E-state index in [-0.39, 0.29) is 0 Å². The highest BCUT2D eigenvalue weighted by Crippen LogP contribution is 2.41. The molecule has 2 fully saturated rings. The Hall–Kier alpha value is -0.0400. The predicted molar refractivity (Wildman–Crippen MR) is 56.9 cm³/mol. The molecule has 0 atom stereocenters. The van der Waals surface area contributed by atoms with Crippen LogP contribution in [0.3, 0.4) is 0 Å². The Bertz CT molecular complexity index is 159. The Morgan fingerprint density at radius 2 is 1.69 bits per heavy atom. The molecule has 1 saturated heterocycles. The van der Waals surface area contributed by atoms with Crippen molar-refractivity contribution in [3.05, 3.63) is 0 Å².